The van der Waals surface area contributed by atoms with Gasteiger partial charge in [-0.1, -0.05) is 35.2 Å². The normalized spacial score (nSPS) is 19.2. The summed E-state index contributed by atoms with van der Waals surface area (Å²) < 4.78 is 32.3. The summed E-state index contributed by atoms with van der Waals surface area (Å²) in [6.07, 6.45) is 5.44. The van der Waals surface area contributed by atoms with E-state index in [0.717, 1.165) is 0 Å². The zero-order chi connectivity index (χ0) is 19.5. The van der Waals surface area contributed by atoms with E-state index in [0.29, 0.717) is 21.2 Å². The summed E-state index contributed by atoms with van der Waals surface area (Å²) in [5.41, 5.74) is -0.958. The van der Waals surface area contributed by atoms with E-state index in [1.54, 1.807) is 18.2 Å². The third kappa shape index (κ3) is 4.63. The number of ether oxygens (including phenoxy) is 1. The average Bonchev–Trinajstić information content (AvgIpc) is 2.76. The molecule has 0 aromatic heterocycles. The molecule has 0 saturated carbocycles. The first-order chi connectivity index (χ1) is 12.1. The molecule has 0 aliphatic carbocycles. The van der Waals surface area contributed by atoms with E-state index >= 15 is 4.39 Å². The quantitative estimate of drug-likeness (QED) is 0.367. The molecule has 2 rings (SSSR count). The van der Waals surface area contributed by atoms with E-state index in [4.69, 9.17) is 43.7 Å². The lowest BCUT2D eigenvalue weighted by Gasteiger charge is -2.32. The minimum absolute atomic E-state index is 0.153. The minimum atomic E-state index is -1.12. The lowest BCUT2D eigenvalue weighted by Crippen LogP contribution is -2.41. The van der Waals surface area contributed by atoms with Crippen molar-refractivity contribution in [2.45, 2.75) is 45.3 Å². The fourth-order valence-electron chi connectivity index (χ4n) is 2.51. The Morgan fingerprint density at radius 2 is 1.85 bits per heavy atom. The third-order valence-corrected chi connectivity index (χ3v) is 5.23. The van der Waals surface area contributed by atoms with E-state index in [9.17, 15) is 0 Å². The van der Waals surface area contributed by atoms with Crippen molar-refractivity contribution < 1.29 is 18.4 Å². The molecule has 1 heterocycles. The van der Waals surface area contributed by atoms with Crippen LogP contribution in [-0.4, -0.2) is 31.5 Å². The van der Waals surface area contributed by atoms with Crippen molar-refractivity contribution in [1.82, 2.24) is 0 Å². The summed E-state index contributed by atoms with van der Waals surface area (Å²) in [6.45, 7) is 7.86. The number of hydrogen-bond acceptors (Lipinski definition) is 3. The Bertz CT molecular complexity index is 725. The Hall–Kier alpha value is -1.03. The number of benzene rings is 1. The molecule has 1 aliphatic rings. The molecule has 1 saturated heterocycles. The van der Waals surface area contributed by atoms with Gasteiger partial charge in [0.1, 0.15) is 12.3 Å². The van der Waals surface area contributed by atoms with Crippen LogP contribution < -0.4 is 0 Å². The van der Waals surface area contributed by atoms with Crippen LogP contribution in [0.5, 0.6) is 0 Å². The van der Waals surface area contributed by atoms with Gasteiger partial charge in [-0.15, -0.1) is 6.42 Å². The van der Waals surface area contributed by atoms with Gasteiger partial charge in [0, 0.05) is 10.0 Å². The third-order valence-electron chi connectivity index (χ3n) is 4.69. The Labute approximate surface area is 164 Å². The Morgan fingerprint density at radius 3 is 2.38 bits per heavy atom. The second kappa shape index (κ2) is 8.33. The average molecular weight is 399 g/mol. The zero-order valence-electron chi connectivity index (χ0n) is 15.4. The molecule has 0 amide bonds. The molecular weight excluding hydrogens is 377 g/mol. The maximum absolute atomic E-state index is 15.4. The summed E-state index contributed by atoms with van der Waals surface area (Å²) in [6, 6.07) is 4.90. The molecule has 0 bridgehead atoms. The second-order valence-corrected chi connectivity index (χ2v) is 7.89. The maximum atomic E-state index is 15.4. The van der Waals surface area contributed by atoms with Gasteiger partial charge in [0.05, 0.1) is 17.8 Å². The fraction of sp³-hybridized carbons (Fsp3) is 0.474. The molecule has 3 nitrogen and oxygen atoms in total. The molecule has 0 unspecified atom stereocenters. The Morgan fingerprint density at radius 1 is 1.23 bits per heavy atom. The second-order valence-electron chi connectivity index (χ2n) is 7.05. The molecule has 26 heavy (non-hydrogen) atoms. The molecule has 0 spiro atoms. The smallest absolute Gasteiger partial charge is 0.398 e. The van der Waals surface area contributed by atoms with Crippen molar-refractivity contribution >= 4 is 35.9 Å². The number of halogens is 3. The molecule has 1 fully saturated rings. The predicted molar refractivity (Wildman–Crippen MR) is 105 cm³/mol. The van der Waals surface area contributed by atoms with Gasteiger partial charge in [-0.25, -0.2) is 4.39 Å². The summed E-state index contributed by atoms with van der Waals surface area (Å²) in [4.78, 5) is 0. The molecule has 0 radical (unpaired) electrons. The highest BCUT2D eigenvalue weighted by molar-refractivity contribution is 6.55. The van der Waals surface area contributed by atoms with Crippen LogP contribution in [0.25, 0.3) is 5.57 Å². The van der Waals surface area contributed by atoms with Crippen LogP contribution in [0.4, 0.5) is 4.39 Å². The molecule has 7 heteroatoms. The SMILES string of the molecule is C#CCOCCC(=C(F)B1OC(C)(C)C(C)(C)O1)c1ccc(Cl)cc1Cl. The van der Waals surface area contributed by atoms with Crippen LogP contribution in [0.15, 0.2) is 23.9 Å². The van der Waals surface area contributed by atoms with Crippen molar-refractivity contribution in [2.75, 3.05) is 13.2 Å². The van der Waals surface area contributed by atoms with Crippen molar-refractivity contribution in [1.29, 1.82) is 0 Å². The topological polar surface area (TPSA) is 27.7 Å². The van der Waals surface area contributed by atoms with Gasteiger partial charge in [0.15, 0.2) is 0 Å². The van der Waals surface area contributed by atoms with E-state index in [1.165, 1.54) is 0 Å². The van der Waals surface area contributed by atoms with Crippen LogP contribution in [0.1, 0.15) is 39.7 Å². The highest BCUT2D eigenvalue weighted by atomic mass is 35.5. The Balaban J connectivity index is 2.39. The zero-order valence-corrected chi connectivity index (χ0v) is 16.9. The molecule has 1 aromatic carbocycles. The molecule has 1 aliphatic heterocycles. The van der Waals surface area contributed by atoms with E-state index in [1.807, 2.05) is 27.7 Å². The number of hydrogen-bond donors (Lipinski definition) is 0. The van der Waals surface area contributed by atoms with Crippen LogP contribution in [0, 0.1) is 12.3 Å². The molecule has 1 aromatic rings. The maximum Gasteiger partial charge on any atom is 0.525 e. The Kier molecular flexibility index (Phi) is 6.82. The van der Waals surface area contributed by atoms with Gasteiger partial charge in [0.2, 0.25) is 0 Å². The largest absolute Gasteiger partial charge is 0.525 e. The van der Waals surface area contributed by atoms with Gasteiger partial charge in [-0.3, -0.25) is 0 Å². The lowest BCUT2D eigenvalue weighted by molar-refractivity contribution is 0.00578. The van der Waals surface area contributed by atoms with Gasteiger partial charge in [-0.05, 0) is 57.4 Å². The van der Waals surface area contributed by atoms with E-state index < -0.39 is 24.0 Å². The summed E-state index contributed by atoms with van der Waals surface area (Å²) >= 11 is 12.2. The van der Waals surface area contributed by atoms with E-state index in [-0.39, 0.29) is 19.6 Å². The highest BCUT2D eigenvalue weighted by Gasteiger charge is 2.53. The molecule has 0 atom stereocenters. The van der Waals surface area contributed by atoms with Crippen LogP contribution in [0.2, 0.25) is 10.0 Å². The van der Waals surface area contributed by atoms with Crippen LogP contribution in [-0.2, 0) is 14.0 Å². The summed E-state index contributed by atoms with van der Waals surface area (Å²) in [5.74, 6) is 2.38. The number of terminal acetylenes is 1. The summed E-state index contributed by atoms with van der Waals surface area (Å²) in [7, 11) is -1.12. The first-order valence-electron chi connectivity index (χ1n) is 8.30. The highest BCUT2D eigenvalue weighted by Crippen LogP contribution is 2.41. The molecule has 0 N–H and O–H groups in total. The molecule has 140 valence electrons. The first kappa shape index (κ1) is 21.3. The van der Waals surface area contributed by atoms with E-state index in [2.05, 4.69) is 5.92 Å². The van der Waals surface area contributed by atoms with Gasteiger partial charge in [-0.2, -0.15) is 0 Å². The molecular formula is C19H22BCl2FO3. The van der Waals surface area contributed by atoms with Crippen molar-refractivity contribution in [2.24, 2.45) is 0 Å². The standard InChI is InChI=1S/C19H22BCl2FO3/c1-6-10-24-11-9-15(14-8-7-13(21)12-16(14)22)17(23)20-25-18(2,3)19(4,5)26-20/h1,7-8,12H,9-11H2,2-5H3. The van der Waals surface area contributed by atoms with Crippen molar-refractivity contribution in [3.05, 3.63) is 39.5 Å². The predicted octanol–water partition coefficient (Wildman–Crippen LogP) is 5.35. The van der Waals surface area contributed by atoms with Gasteiger partial charge >= 0.3 is 7.12 Å². The van der Waals surface area contributed by atoms with Crippen molar-refractivity contribution in [3.63, 3.8) is 0 Å². The monoisotopic (exact) mass is 398 g/mol. The minimum Gasteiger partial charge on any atom is -0.398 e. The summed E-state index contributed by atoms with van der Waals surface area (Å²) in [5, 5.41) is 0.814. The fourth-order valence-corrected chi connectivity index (χ4v) is 3.03. The van der Waals surface area contributed by atoms with Crippen LogP contribution >= 0.6 is 23.2 Å². The van der Waals surface area contributed by atoms with Crippen molar-refractivity contribution in [3.8, 4) is 12.3 Å². The van der Waals surface area contributed by atoms with Gasteiger partial charge in [0.25, 0.3) is 0 Å². The van der Waals surface area contributed by atoms with Crippen LogP contribution in [0.3, 0.4) is 0 Å². The van der Waals surface area contributed by atoms with Gasteiger partial charge < -0.3 is 14.0 Å². The first-order valence-corrected chi connectivity index (χ1v) is 9.05. The number of rotatable bonds is 6. The lowest BCUT2D eigenvalue weighted by atomic mass is 9.82.